The van der Waals surface area contributed by atoms with E-state index in [1.54, 1.807) is 15.7 Å². The molecule has 3 aliphatic rings. The van der Waals surface area contributed by atoms with E-state index in [4.69, 9.17) is 9.47 Å². The van der Waals surface area contributed by atoms with Crippen LogP contribution in [0.1, 0.15) is 46.0 Å². The topological polar surface area (TPSA) is 127 Å². The summed E-state index contributed by atoms with van der Waals surface area (Å²) in [4.78, 5) is 45.6. The van der Waals surface area contributed by atoms with Crippen molar-refractivity contribution in [1.29, 1.82) is 0 Å². The molecule has 238 valence electrons. The number of likely N-dealkylation sites (tertiary alicyclic amines) is 1. The molecule has 3 unspecified atom stereocenters. The number of nitrogens with zero attached hydrogens (tertiary/aromatic N) is 5. The summed E-state index contributed by atoms with van der Waals surface area (Å²) in [5.74, 6) is -2.85. The molecule has 1 spiro atoms. The van der Waals surface area contributed by atoms with Gasteiger partial charge in [0.1, 0.15) is 23.8 Å². The van der Waals surface area contributed by atoms with Crippen LogP contribution in [-0.4, -0.2) is 96.1 Å². The van der Waals surface area contributed by atoms with Gasteiger partial charge < -0.3 is 24.4 Å². The van der Waals surface area contributed by atoms with E-state index in [2.05, 4.69) is 39.4 Å². The zero-order chi connectivity index (χ0) is 31.6. The molecule has 2 amide bonds. The van der Waals surface area contributed by atoms with Crippen LogP contribution < -0.4 is 0 Å². The molecule has 3 saturated heterocycles. The number of fused-ring (bicyclic) bond motifs is 2. The van der Waals surface area contributed by atoms with E-state index in [-0.39, 0.29) is 49.0 Å². The molecule has 0 radical (unpaired) electrons. The summed E-state index contributed by atoms with van der Waals surface area (Å²) in [6, 6.07) is 5.76. The van der Waals surface area contributed by atoms with Gasteiger partial charge in [-0.25, -0.2) is 4.68 Å². The summed E-state index contributed by atoms with van der Waals surface area (Å²) in [7, 11) is 0. The highest BCUT2D eigenvalue weighted by atomic mass is 79.9. The molecule has 3 aliphatic heterocycles. The van der Waals surface area contributed by atoms with Gasteiger partial charge in [-0.15, -0.1) is 18.3 Å². The zero-order valence-corrected chi connectivity index (χ0v) is 27.0. The molecule has 11 nitrogen and oxygen atoms in total. The molecular weight excluding hydrogens is 630 g/mol. The lowest BCUT2D eigenvalue weighted by Crippen LogP contribution is -2.59. The molecule has 1 N–H and O–H groups in total. The molecule has 4 heterocycles. The number of benzene rings is 1. The maximum absolute atomic E-state index is 14.8. The van der Waals surface area contributed by atoms with E-state index < -0.39 is 41.6 Å². The lowest BCUT2D eigenvalue weighted by Gasteiger charge is -2.39. The van der Waals surface area contributed by atoms with Gasteiger partial charge in [-0.05, 0) is 50.2 Å². The monoisotopic (exact) mass is 671 g/mol. The number of ether oxygens (including phenoxy) is 2. The summed E-state index contributed by atoms with van der Waals surface area (Å²) >= 11 is 3.71. The van der Waals surface area contributed by atoms with E-state index in [9.17, 15) is 19.5 Å². The van der Waals surface area contributed by atoms with Crippen molar-refractivity contribution in [3.05, 3.63) is 49.6 Å². The Hall–Kier alpha value is -3.09. The first-order valence-electron chi connectivity index (χ1n) is 15.4. The lowest BCUT2D eigenvalue weighted by molar-refractivity contribution is -0.157. The van der Waals surface area contributed by atoms with E-state index in [1.165, 1.54) is 4.90 Å². The van der Waals surface area contributed by atoms with Crippen LogP contribution in [0.4, 0.5) is 0 Å². The molecule has 1 aromatic carbocycles. The van der Waals surface area contributed by atoms with Gasteiger partial charge in [0.15, 0.2) is 0 Å². The third kappa shape index (κ3) is 5.72. The fourth-order valence-corrected chi connectivity index (χ4v) is 8.16. The minimum atomic E-state index is -1.27. The largest absolute Gasteiger partial charge is 0.465 e. The van der Waals surface area contributed by atoms with Gasteiger partial charge in [0.05, 0.1) is 42.7 Å². The number of hydrogen-bond acceptors (Lipinski definition) is 8. The number of halogens is 1. The van der Waals surface area contributed by atoms with Crippen LogP contribution in [0.15, 0.2) is 49.6 Å². The molecular formula is C32H42BrN5O6. The molecule has 5 rings (SSSR count). The van der Waals surface area contributed by atoms with E-state index in [0.717, 1.165) is 18.4 Å². The van der Waals surface area contributed by atoms with Crippen molar-refractivity contribution < 1.29 is 29.0 Å². The Bertz CT molecular complexity index is 1400. The minimum Gasteiger partial charge on any atom is -0.465 e. The van der Waals surface area contributed by atoms with Crippen LogP contribution in [0.3, 0.4) is 0 Å². The van der Waals surface area contributed by atoms with Crippen LogP contribution >= 0.6 is 15.9 Å². The fraction of sp³-hybridized carbons (Fsp3) is 0.594. The van der Waals surface area contributed by atoms with Crippen molar-refractivity contribution in [2.75, 3.05) is 19.8 Å². The van der Waals surface area contributed by atoms with E-state index >= 15 is 0 Å². The average molecular weight is 673 g/mol. The van der Waals surface area contributed by atoms with Gasteiger partial charge in [0.25, 0.3) is 0 Å². The van der Waals surface area contributed by atoms with Crippen LogP contribution in [0.2, 0.25) is 0 Å². The number of allylic oxidation sites excluding steroid dienone is 1. The van der Waals surface area contributed by atoms with Crippen LogP contribution in [0.5, 0.6) is 0 Å². The summed E-state index contributed by atoms with van der Waals surface area (Å²) < 4.78 is 14.0. The summed E-state index contributed by atoms with van der Waals surface area (Å²) in [5.41, 5.74) is 0.179. The van der Waals surface area contributed by atoms with E-state index in [0.29, 0.717) is 24.8 Å². The highest BCUT2D eigenvalue weighted by Gasteiger charge is 2.77. The normalized spacial score (nSPS) is 28.0. The Morgan fingerprint density at radius 3 is 2.75 bits per heavy atom. The van der Waals surface area contributed by atoms with Gasteiger partial charge in [0, 0.05) is 11.4 Å². The maximum atomic E-state index is 14.8. The first-order chi connectivity index (χ1) is 21.2. The van der Waals surface area contributed by atoms with Crippen molar-refractivity contribution >= 4 is 44.7 Å². The summed E-state index contributed by atoms with van der Waals surface area (Å²) in [6.45, 7) is 11.7. The Morgan fingerprint density at radius 2 is 2.05 bits per heavy atom. The summed E-state index contributed by atoms with van der Waals surface area (Å²) in [6.07, 6.45) is 6.00. The van der Waals surface area contributed by atoms with Gasteiger partial charge in [-0.2, -0.15) is 0 Å². The van der Waals surface area contributed by atoms with Gasteiger partial charge in [0.2, 0.25) is 11.8 Å². The number of hydrogen-bond donors (Lipinski definition) is 1. The molecule has 0 saturated carbocycles. The Balaban J connectivity index is 1.51. The predicted octanol–water partition coefficient (Wildman–Crippen LogP) is 3.46. The number of alkyl halides is 1. The quantitative estimate of drug-likeness (QED) is 0.132. The lowest BCUT2D eigenvalue weighted by atomic mass is 9.70. The predicted molar refractivity (Wildman–Crippen MR) is 167 cm³/mol. The first kappa shape index (κ1) is 32.3. The third-order valence-electron chi connectivity index (χ3n) is 9.01. The first-order valence-corrected chi connectivity index (χ1v) is 16.3. The second-order valence-electron chi connectivity index (χ2n) is 12.4. The standard InChI is InChI=1S/C32H42BrN5O6/c1-5-7-8-11-15-43-31(42)25-26-29(40)38(21(18-39)16-20(3)4)28(32(26)17-22(33)27(25)44-32)30(41)36(14-6-2)19-37-24-13-10-9-12-23(24)34-35-37/h5-6,9-10,12-13,20-22,25-28,39H,1-2,7-8,11,14-19H2,3-4H3/t21-,22?,25+,26+,27+,28?,32?/m1/s1. The molecule has 0 aliphatic carbocycles. The number of amides is 2. The number of carbonyl (C=O) groups excluding carboxylic acids is 3. The molecule has 1 aromatic heterocycles. The van der Waals surface area contributed by atoms with Crippen molar-refractivity contribution in [3.8, 4) is 0 Å². The average Bonchev–Trinajstić information content (AvgIpc) is 3.72. The second kappa shape index (κ2) is 13.5. The van der Waals surface area contributed by atoms with Crippen LogP contribution in [-0.2, 0) is 30.5 Å². The SMILES string of the molecule is C=CCCCCOC(=O)[C@H]1[C@H]2C(=O)N([C@@H](CO)CC(C)C)C(C(=O)N(CC=C)Cn3nnc4ccccc43)C23CC(Br)[C@@H]1O3. The smallest absolute Gasteiger partial charge is 0.312 e. The number of esters is 1. The number of rotatable bonds is 15. The van der Waals surface area contributed by atoms with Gasteiger partial charge in [-0.1, -0.05) is 59.3 Å². The van der Waals surface area contributed by atoms with Crippen molar-refractivity contribution in [1.82, 2.24) is 24.8 Å². The highest BCUT2D eigenvalue weighted by Crippen LogP contribution is 2.61. The third-order valence-corrected chi connectivity index (χ3v) is 9.86. The van der Waals surface area contributed by atoms with E-state index in [1.807, 2.05) is 44.2 Å². The number of aliphatic hydroxyl groups is 1. The number of unbranched alkanes of at least 4 members (excludes halogenated alkanes) is 2. The number of aliphatic hydroxyl groups excluding tert-OH is 1. The van der Waals surface area contributed by atoms with Crippen LogP contribution in [0.25, 0.3) is 11.0 Å². The Morgan fingerprint density at radius 1 is 1.27 bits per heavy atom. The fourth-order valence-electron chi connectivity index (χ4n) is 7.22. The molecule has 44 heavy (non-hydrogen) atoms. The van der Waals surface area contributed by atoms with Gasteiger partial charge >= 0.3 is 5.97 Å². The highest BCUT2D eigenvalue weighted by molar-refractivity contribution is 9.09. The molecule has 12 heteroatoms. The Kier molecular flexibility index (Phi) is 9.91. The molecule has 3 fully saturated rings. The number of carbonyl (C=O) groups is 3. The summed E-state index contributed by atoms with van der Waals surface area (Å²) in [5, 5.41) is 19.1. The molecule has 7 atom stereocenters. The minimum absolute atomic E-state index is 0.0654. The molecule has 2 aromatic rings. The zero-order valence-electron chi connectivity index (χ0n) is 25.4. The van der Waals surface area contributed by atoms with Crippen molar-refractivity contribution in [2.45, 2.75) is 81.2 Å². The molecule has 2 bridgehead atoms. The maximum Gasteiger partial charge on any atom is 0.312 e. The van der Waals surface area contributed by atoms with Crippen molar-refractivity contribution in [3.63, 3.8) is 0 Å². The Labute approximate surface area is 266 Å². The van der Waals surface area contributed by atoms with Crippen LogP contribution in [0, 0.1) is 17.8 Å². The number of aromatic nitrogens is 3. The van der Waals surface area contributed by atoms with Crippen molar-refractivity contribution in [2.24, 2.45) is 17.8 Å². The van der Waals surface area contributed by atoms with Gasteiger partial charge in [-0.3, -0.25) is 14.4 Å². The number of para-hydroxylation sites is 1. The second-order valence-corrected chi connectivity index (χ2v) is 13.6.